The molecule has 1 aromatic rings. The lowest BCUT2D eigenvalue weighted by Crippen LogP contribution is -2.27. The van der Waals surface area contributed by atoms with E-state index in [1.807, 2.05) is 0 Å². The Kier molecular flexibility index (Phi) is 2.13. The van der Waals surface area contributed by atoms with Crippen molar-refractivity contribution in [3.8, 4) is 0 Å². The van der Waals surface area contributed by atoms with Gasteiger partial charge < -0.3 is 0 Å². The molecule has 1 aliphatic rings. The van der Waals surface area contributed by atoms with E-state index in [2.05, 4.69) is 5.32 Å². The summed E-state index contributed by atoms with van der Waals surface area (Å²) in [7, 11) is 0. The number of imide groups is 1. The SMILES string of the molecule is O=C1CN(c2cccc(Cl)c2)C(=O)N1. The zero-order valence-electron chi connectivity index (χ0n) is 7.16. The van der Waals surface area contributed by atoms with Crippen LogP contribution in [0.15, 0.2) is 24.3 Å². The second-order valence-corrected chi connectivity index (χ2v) is 3.36. The van der Waals surface area contributed by atoms with Gasteiger partial charge in [0.2, 0.25) is 5.91 Å². The first-order valence-electron chi connectivity index (χ1n) is 4.04. The zero-order chi connectivity index (χ0) is 10.1. The Hall–Kier alpha value is -1.55. The fraction of sp³-hybridized carbons (Fsp3) is 0.111. The Bertz CT molecular complexity index is 406. The van der Waals surface area contributed by atoms with Crippen LogP contribution in [0, 0.1) is 0 Å². The first kappa shape index (κ1) is 9.02. The van der Waals surface area contributed by atoms with E-state index < -0.39 is 6.03 Å². The van der Waals surface area contributed by atoms with E-state index in [0.717, 1.165) is 0 Å². The summed E-state index contributed by atoms with van der Waals surface area (Å²) in [6.45, 7) is 0.0547. The minimum Gasteiger partial charge on any atom is -0.285 e. The summed E-state index contributed by atoms with van der Waals surface area (Å²) in [6.07, 6.45) is 0. The number of amides is 3. The van der Waals surface area contributed by atoms with E-state index in [1.54, 1.807) is 24.3 Å². The van der Waals surface area contributed by atoms with Crippen LogP contribution in [0.25, 0.3) is 0 Å². The molecule has 0 saturated carbocycles. The maximum Gasteiger partial charge on any atom is 0.329 e. The molecule has 0 spiro atoms. The highest BCUT2D eigenvalue weighted by molar-refractivity contribution is 6.31. The van der Waals surface area contributed by atoms with Gasteiger partial charge in [-0.15, -0.1) is 0 Å². The Morgan fingerprint density at radius 2 is 2.14 bits per heavy atom. The molecule has 0 atom stereocenters. The van der Waals surface area contributed by atoms with Gasteiger partial charge in [0.15, 0.2) is 0 Å². The summed E-state index contributed by atoms with van der Waals surface area (Å²) < 4.78 is 0. The van der Waals surface area contributed by atoms with Gasteiger partial charge in [0.05, 0.1) is 0 Å². The van der Waals surface area contributed by atoms with Crippen molar-refractivity contribution in [2.24, 2.45) is 0 Å². The summed E-state index contributed by atoms with van der Waals surface area (Å²) in [5.41, 5.74) is 0.626. The number of nitrogens with zero attached hydrogens (tertiary/aromatic N) is 1. The van der Waals surface area contributed by atoms with E-state index in [9.17, 15) is 9.59 Å². The molecule has 1 saturated heterocycles. The van der Waals surface area contributed by atoms with Crippen LogP contribution in [0.1, 0.15) is 0 Å². The molecule has 1 aromatic carbocycles. The smallest absolute Gasteiger partial charge is 0.285 e. The summed E-state index contributed by atoms with van der Waals surface area (Å²) in [6, 6.07) is 6.40. The third-order valence-corrected chi connectivity index (χ3v) is 2.15. The van der Waals surface area contributed by atoms with Crippen LogP contribution >= 0.6 is 11.6 Å². The topological polar surface area (TPSA) is 49.4 Å². The minimum atomic E-state index is -0.405. The van der Waals surface area contributed by atoms with Crippen molar-refractivity contribution in [2.75, 3.05) is 11.4 Å². The number of hydrogen-bond acceptors (Lipinski definition) is 2. The van der Waals surface area contributed by atoms with Gasteiger partial charge in [-0.3, -0.25) is 15.0 Å². The van der Waals surface area contributed by atoms with E-state index in [4.69, 9.17) is 11.6 Å². The quantitative estimate of drug-likeness (QED) is 0.713. The first-order valence-corrected chi connectivity index (χ1v) is 4.41. The van der Waals surface area contributed by atoms with Crippen molar-refractivity contribution in [3.63, 3.8) is 0 Å². The molecule has 5 heteroatoms. The predicted octanol–water partition coefficient (Wildman–Crippen LogP) is 1.40. The average Bonchev–Trinajstić information content (AvgIpc) is 2.45. The Labute approximate surface area is 85.5 Å². The lowest BCUT2D eigenvalue weighted by Gasteiger charge is -2.12. The summed E-state index contributed by atoms with van der Waals surface area (Å²) in [5.74, 6) is -0.296. The molecule has 0 aliphatic carbocycles. The number of rotatable bonds is 1. The third-order valence-electron chi connectivity index (χ3n) is 1.91. The maximum atomic E-state index is 11.2. The van der Waals surface area contributed by atoms with Gasteiger partial charge in [0.25, 0.3) is 0 Å². The molecular weight excluding hydrogens is 204 g/mol. The maximum absolute atomic E-state index is 11.2. The van der Waals surface area contributed by atoms with Gasteiger partial charge in [-0.25, -0.2) is 4.79 Å². The number of anilines is 1. The molecule has 2 rings (SSSR count). The van der Waals surface area contributed by atoms with Gasteiger partial charge in [0.1, 0.15) is 6.54 Å². The van der Waals surface area contributed by atoms with Gasteiger partial charge in [0, 0.05) is 10.7 Å². The third kappa shape index (κ3) is 1.56. The Morgan fingerprint density at radius 1 is 1.36 bits per heavy atom. The van der Waals surface area contributed by atoms with Crippen LogP contribution in [0.5, 0.6) is 0 Å². The summed E-state index contributed by atoms with van der Waals surface area (Å²) in [4.78, 5) is 23.5. The first-order chi connectivity index (χ1) is 6.66. The van der Waals surface area contributed by atoms with Gasteiger partial charge >= 0.3 is 6.03 Å². The van der Waals surface area contributed by atoms with Crippen LogP contribution in [0.4, 0.5) is 10.5 Å². The molecular formula is C9H7ClN2O2. The monoisotopic (exact) mass is 210 g/mol. The molecule has 0 unspecified atom stereocenters. The molecule has 1 fully saturated rings. The van der Waals surface area contributed by atoms with E-state index in [0.29, 0.717) is 10.7 Å². The average molecular weight is 211 g/mol. The van der Waals surface area contributed by atoms with E-state index in [1.165, 1.54) is 4.90 Å². The molecule has 72 valence electrons. The van der Waals surface area contributed by atoms with Crippen molar-refractivity contribution in [3.05, 3.63) is 29.3 Å². The van der Waals surface area contributed by atoms with E-state index >= 15 is 0 Å². The standard InChI is InChI=1S/C9H7ClN2O2/c10-6-2-1-3-7(4-6)12-5-8(13)11-9(12)14/h1-4H,5H2,(H,11,13,14). The molecule has 14 heavy (non-hydrogen) atoms. The van der Waals surface area contributed by atoms with Crippen molar-refractivity contribution >= 4 is 29.2 Å². The molecule has 0 radical (unpaired) electrons. The van der Waals surface area contributed by atoms with Crippen molar-refractivity contribution in [1.29, 1.82) is 0 Å². The highest BCUT2D eigenvalue weighted by Gasteiger charge is 2.27. The second-order valence-electron chi connectivity index (χ2n) is 2.92. The number of carbonyl (C=O) groups is 2. The fourth-order valence-corrected chi connectivity index (χ4v) is 1.48. The highest BCUT2D eigenvalue weighted by Crippen LogP contribution is 2.20. The van der Waals surface area contributed by atoms with E-state index in [-0.39, 0.29) is 12.5 Å². The predicted molar refractivity (Wildman–Crippen MR) is 52.3 cm³/mol. The number of urea groups is 1. The number of hydrogen-bond donors (Lipinski definition) is 1. The number of carbonyl (C=O) groups excluding carboxylic acids is 2. The molecule has 1 heterocycles. The van der Waals surface area contributed by atoms with Crippen LogP contribution in [0.3, 0.4) is 0 Å². The molecule has 0 bridgehead atoms. The lowest BCUT2D eigenvalue weighted by atomic mass is 10.3. The fourth-order valence-electron chi connectivity index (χ4n) is 1.29. The summed E-state index contributed by atoms with van der Waals surface area (Å²) in [5, 5.41) is 2.73. The largest absolute Gasteiger partial charge is 0.329 e. The molecule has 3 amide bonds. The molecule has 0 aromatic heterocycles. The molecule has 4 nitrogen and oxygen atoms in total. The van der Waals surface area contributed by atoms with Crippen LogP contribution < -0.4 is 10.2 Å². The Balaban J connectivity index is 2.31. The zero-order valence-corrected chi connectivity index (χ0v) is 7.91. The number of nitrogens with one attached hydrogen (secondary N) is 1. The van der Waals surface area contributed by atoms with Gasteiger partial charge in [-0.05, 0) is 18.2 Å². The van der Waals surface area contributed by atoms with Gasteiger partial charge in [-0.1, -0.05) is 17.7 Å². The second kappa shape index (κ2) is 3.31. The van der Waals surface area contributed by atoms with Gasteiger partial charge in [-0.2, -0.15) is 0 Å². The summed E-state index contributed by atoms with van der Waals surface area (Å²) >= 11 is 5.76. The Morgan fingerprint density at radius 3 is 2.71 bits per heavy atom. The van der Waals surface area contributed by atoms with Crippen LogP contribution in [-0.2, 0) is 4.79 Å². The van der Waals surface area contributed by atoms with Crippen LogP contribution in [-0.4, -0.2) is 18.5 Å². The minimum absolute atomic E-state index is 0.0547. The van der Waals surface area contributed by atoms with Crippen LogP contribution in [0.2, 0.25) is 5.02 Å². The van der Waals surface area contributed by atoms with Crippen molar-refractivity contribution < 1.29 is 9.59 Å². The molecule has 1 aliphatic heterocycles. The highest BCUT2D eigenvalue weighted by atomic mass is 35.5. The number of halogens is 1. The van der Waals surface area contributed by atoms with Crippen molar-refractivity contribution in [1.82, 2.24) is 5.32 Å². The van der Waals surface area contributed by atoms with Crippen molar-refractivity contribution in [2.45, 2.75) is 0 Å². The molecule has 1 N–H and O–H groups in total. The lowest BCUT2D eigenvalue weighted by molar-refractivity contribution is -0.117. The normalized spacial score (nSPS) is 15.9. The number of benzene rings is 1.